The largest absolute Gasteiger partial charge is 0.394 e. The first kappa shape index (κ1) is 88.2. The molecule has 0 aromatic carbocycles. The Bertz CT molecular complexity index is 1880. The van der Waals surface area contributed by atoms with Gasteiger partial charge in [0.25, 0.3) is 0 Å². The number of nitrogens with one attached hydrogen (secondary N) is 1. The number of allylic oxidation sites excluding steroid dienone is 5. The number of aliphatic hydroxyl groups is 11. The monoisotopic (exact) mass is 1370 g/mol. The molecule has 19 nitrogen and oxygen atoms in total. The summed E-state index contributed by atoms with van der Waals surface area (Å²) in [7, 11) is 0. The molecule has 0 radical (unpaired) electrons. The van der Waals surface area contributed by atoms with Crippen molar-refractivity contribution in [1.29, 1.82) is 0 Å². The van der Waals surface area contributed by atoms with E-state index in [9.17, 15) is 61.0 Å². The maximum Gasteiger partial charge on any atom is 0.220 e. The van der Waals surface area contributed by atoms with Crippen LogP contribution in [0.5, 0.6) is 0 Å². The van der Waals surface area contributed by atoms with Gasteiger partial charge in [-0.25, -0.2) is 0 Å². The Labute approximate surface area is 581 Å². The number of carbonyl (C=O) groups is 1. The summed E-state index contributed by atoms with van der Waals surface area (Å²) in [5.41, 5.74) is 0. The van der Waals surface area contributed by atoms with Crippen molar-refractivity contribution in [2.75, 3.05) is 26.4 Å². The van der Waals surface area contributed by atoms with E-state index in [1.165, 1.54) is 244 Å². The maximum atomic E-state index is 13.4. The third-order valence-electron chi connectivity index (χ3n) is 19.7. The molecule has 0 aromatic rings. The first-order valence-corrected chi connectivity index (χ1v) is 39.2. The molecule has 0 bridgehead atoms. The van der Waals surface area contributed by atoms with Gasteiger partial charge in [-0.3, -0.25) is 4.79 Å². The molecule has 3 rings (SSSR count). The molecule has 3 aliphatic heterocycles. The van der Waals surface area contributed by atoms with E-state index in [0.717, 1.165) is 38.5 Å². The van der Waals surface area contributed by atoms with E-state index in [0.29, 0.717) is 12.8 Å². The number of hydrogen-bond acceptors (Lipinski definition) is 18. The first-order valence-electron chi connectivity index (χ1n) is 39.2. The molecule has 1 amide bonds. The summed E-state index contributed by atoms with van der Waals surface area (Å²) in [6.07, 6.45) is 44.6. The summed E-state index contributed by atoms with van der Waals surface area (Å²) in [6.45, 7) is 1.73. The second kappa shape index (κ2) is 58.5. The van der Waals surface area contributed by atoms with Gasteiger partial charge >= 0.3 is 0 Å². The van der Waals surface area contributed by atoms with Crippen LogP contribution in [0.1, 0.15) is 316 Å². The van der Waals surface area contributed by atoms with Crippen LogP contribution in [0.2, 0.25) is 0 Å². The number of carbonyl (C=O) groups excluding carboxylic acids is 1. The van der Waals surface area contributed by atoms with Crippen molar-refractivity contribution in [1.82, 2.24) is 5.32 Å². The third kappa shape index (κ3) is 38.9. The van der Waals surface area contributed by atoms with E-state index < -0.39 is 124 Å². The van der Waals surface area contributed by atoms with Crippen molar-refractivity contribution in [2.45, 2.75) is 420 Å². The average molecular weight is 1370 g/mol. The summed E-state index contributed by atoms with van der Waals surface area (Å²) in [4.78, 5) is 13.4. The number of amides is 1. The maximum absolute atomic E-state index is 13.4. The van der Waals surface area contributed by atoms with Gasteiger partial charge < -0.3 is 89.9 Å². The zero-order chi connectivity index (χ0) is 69.6. The summed E-state index contributed by atoms with van der Waals surface area (Å²) >= 11 is 0. The summed E-state index contributed by atoms with van der Waals surface area (Å²) in [5, 5.41) is 121. The SMILES string of the molecule is CCCCCCCCCC/C=C\CCCCCCCCCCCCCCCCCCCCCCCCCCCC(=O)NC(COC1OC(CO)C(OC2OC(CO)C(OC3OC(CO)C(O)C(O)C3O)C(O)C2O)C(O)C1O)C(O)/C=C/CC/C=C/CCCCCCCCCC. The van der Waals surface area contributed by atoms with E-state index >= 15 is 0 Å². The Morgan fingerprint density at radius 1 is 0.365 bits per heavy atom. The fraction of sp³-hybridized carbons (Fsp3) is 0.909. The predicted octanol–water partition coefficient (Wildman–Crippen LogP) is 12.3. The Morgan fingerprint density at radius 2 is 0.667 bits per heavy atom. The van der Waals surface area contributed by atoms with E-state index in [2.05, 4.69) is 43.5 Å². The molecule has 17 atom stereocenters. The average Bonchev–Trinajstić information content (AvgIpc) is 0.787. The van der Waals surface area contributed by atoms with Gasteiger partial charge in [0.15, 0.2) is 18.9 Å². The Kier molecular flexibility index (Phi) is 53.8. The van der Waals surface area contributed by atoms with Crippen LogP contribution in [0.4, 0.5) is 0 Å². The highest BCUT2D eigenvalue weighted by molar-refractivity contribution is 5.76. The number of ether oxygens (including phenoxy) is 6. The second-order valence-corrected chi connectivity index (χ2v) is 28.2. The van der Waals surface area contributed by atoms with Crippen LogP contribution in [-0.4, -0.2) is 193 Å². The van der Waals surface area contributed by atoms with Crippen LogP contribution in [0.15, 0.2) is 36.5 Å². The van der Waals surface area contributed by atoms with E-state index in [4.69, 9.17) is 28.4 Å². The Morgan fingerprint density at radius 3 is 1.04 bits per heavy atom. The number of aliphatic hydroxyl groups excluding tert-OH is 11. The molecule has 0 aromatic heterocycles. The van der Waals surface area contributed by atoms with Gasteiger partial charge in [0.05, 0.1) is 38.6 Å². The van der Waals surface area contributed by atoms with Gasteiger partial charge in [0, 0.05) is 6.42 Å². The zero-order valence-corrected chi connectivity index (χ0v) is 60.1. The van der Waals surface area contributed by atoms with Crippen LogP contribution in [-0.2, 0) is 33.2 Å². The highest BCUT2D eigenvalue weighted by Crippen LogP contribution is 2.33. The lowest BCUT2D eigenvalue weighted by Crippen LogP contribution is -2.66. The van der Waals surface area contributed by atoms with Crippen molar-refractivity contribution in [3.8, 4) is 0 Å². The zero-order valence-electron chi connectivity index (χ0n) is 60.1. The lowest BCUT2D eigenvalue weighted by atomic mass is 9.96. The van der Waals surface area contributed by atoms with Crippen molar-refractivity contribution in [3.63, 3.8) is 0 Å². The summed E-state index contributed by atoms with van der Waals surface area (Å²) in [6, 6.07) is -0.988. The van der Waals surface area contributed by atoms with Gasteiger partial charge in [0.1, 0.15) is 73.2 Å². The number of hydrogen-bond donors (Lipinski definition) is 12. The van der Waals surface area contributed by atoms with Crippen LogP contribution in [0.3, 0.4) is 0 Å². The molecule has 96 heavy (non-hydrogen) atoms. The highest BCUT2D eigenvalue weighted by Gasteiger charge is 2.53. The molecule has 0 aliphatic carbocycles. The third-order valence-corrected chi connectivity index (χ3v) is 19.7. The molecular formula is C77H143NO18. The lowest BCUT2D eigenvalue weighted by Gasteiger charge is -2.48. The fourth-order valence-electron chi connectivity index (χ4n) is 13.3. The standard InChI is InChI=1S/C77H143NO18/c1-3-5-7-9-11-13-15-17-19-20-21-22-23-24-25-26-27-28-29-30-31-32-33-34-35-36-37-38-39-40-41-43-45-47-49-51-53-55-65(83)78-60(61(82)54-52-50-48-46-44-42-18-16-14-12-10-8-6-4-2)59-91-75-71(89)68(86)73(63(57-80)93-75)96-77-72(90)69(87)74(64(58-81)94-77)95-76-70(88)67(85)66(84)62(56-79)92-76/h20-21,44,46,52,54,60-64,66-77,79-82,84-90H,3-19,22-43,45,47-51,53,55-59H2,1-2H3,(H,78,83)/b21-20-,46-44+,54-52+. The topological polar surface area (TPSA) is 307 Å². The fourth-order valence-corrected chi connectivity index (χ4v) is 13.3. The molecule has 3 heterocycles. The molecule has 0 spiro atoms. The Hall–Kier alpha value is -1.99. The normalized spacial score (nSPS) is 27.2. The van der Waals surface area contributed by atoms with Crippen LogP contribution < -0.4 is 5.32 Å². The van der Waals surface area contributed by atoms with Gasteiger partial charge in [-0.2, -0.15) is 0 Å². The van der Waals surface area contributed by atoms with Crippen molar-refractivity contribution in [3.05, 3.63) is 36.5 Å². The Balaban J connectivity index is 1.30. The summed E-state index contributed by atoms with van der Waals surface area (Å²) in [5.74, 6) is -0.280. The quantitative estimate of drug-likeness (QED) is 0.0199. The molecular weight excluding hydrogens is 1230 g/mol. The lowest BCUT2D eigenvalue weighted by molar-refractivity contribution is -0.379. The number of rotatable bonds is 62. The number of unbranched alkanes of at least 4 members (excludes halogenated alkanes) is 42. The minimum absolute atomic E-state index is 0.240. The molecule has 564 valence electrons. The van der Waals surface area contributed by atoms with Crippen molar-refractivity contribution < 1.29 is 89.4 Å². The minimum Gasteiger partial charge on any atom is -0.394 e. The van der Waals surface area contributed by atoms with Gasteiger partial charge in [0.2, 0.25) is 5.91 Å². The minimum atomic E-state index is -1.98. The second-order valence-electron chi connectivity index (χ2n) is 28.2. The highest BCUT2D eigenvalue weighted by atomic mass is 16.8. The molecule has 0 saturated carbocycles. The predicted molar refractivity (Wildman–Crippen MR) is 379 cm³/mol. The molecule has 19 heteroatoms. The first-order chi connectivity index (χ1) is 46.8. The molecule has 12 N–H and O–H groups in total. The smallest absolute Gasteiger partial charge is 0.220 e. The molecule has 3 fully saturated rings. The van der Waals surface area contributed by atoms with Crippen LogP contribution in [0.25, 0.3) is 0 Å². The van der Waals surface area contributed by atoms with E-state index in [1.807, 2.05) is 6.08 Å². The molecule has 3 aliphatic rings. The van der Waals surface area contributed by atoms with Crippen molar-refractivity contribution >= 4 is 5.91 Å². The summed E-state index contributed by atoms with van der Waals surface area (Å²) < 4.78 is 34.4. The van der Waals surface area contributed by atoms with Crippen LogP contribution >= 0.6 is 0 Å². The van der Waals surface area contributed by atoms with Gasteiger partial charge in [-0.15, -0.1) is 0 Å². The molecule has 17 unspecified atom stereocenters. The van der Waals surface area contributed by atoms with E-state index in [1.54, 1.807) is 6.08 Å². The van der Waals surface area contributed by atoms with Gasteiger partial charge in [-0.1, -0.05) is 288 Å². The van der Waals surface area contributed by atoms with Crippen molar-refractivity contribution in [2.24, 2.45) is 0 Å². The van der Waals surface area contributed by atoms with Gasteiger partial charge in [-0.05, 0) is 57.8 Å². The molecule has 3 saturated heterocycles. The van der Waals surface area contributed by atoms with Crippen LogP contribution in [0, 0.1) is 0 Å². The van der Waals surface area contributed by atoms with E-state index in [-0.39, 0.29) is 18.9 Å².